The monoisotopic (exact) mass is 680 g/mol. The van der Waals surface area contributed by atoms with Gasteiger partial charge in [-0.25, -0.2) is 15.0 Å². The Hall–Kier alpha value is -6.69. The van der Waals surface area contributed by atoms with Crippen molar-refractivity contribution in [3.05, 3.63) is 170 Å². The number of nitrogens with zero attached hydrogens (tertiary/aromatic N) is 4. The molecule has 0 radical (unpaired) electrons. The second-order valence-corrected chi connectivity index (χ2v) is 14.3. The number of pyridine rings is 1. The van der Waals surface area contributed by atoms with E-state index in [1.54, 1.807) is 0 Å². The van der Waals surface area contributed by atoms with Gasteiger partial charge in [-0.2, -0.15) is 0 Å². The highest BCUT2D eigenvalue weighted by molar-refractivity contribution is 7.26. The lowest BCUT2D eigenvalue weighted by Gasteiger charge is -2.14. The van der Waals surface area contributed by atoms with E-state index in [0.717, 1.165) is 61.2 Å². The second-order valence-electron chi connectivity index (χ2n) is 13.2. The van der Waals surface area contributed by atoms with Gasteiger partial charge >= 0.3 is 0 Å². The summed E-state index contributed by atoms with van der Waals surface area (Å²) in [5.41, 5.74) is 8.03. The number of rotatable bonds is 4. The Morgan fingerprint density at radius 3 is 1.79 bits per heavy atom. The third-order valence-corrected chi connectivity index (χ3v) is 11.3. The Morgan fingerprint density at radius 2 is 1.04 bits per heavy atom. The maximum absolute atomic E-state index is 5.42. The smallest absolute Gasteiger partial charge is 0.162 e. The summed E-state index contributed by atoms with van der Waals surface area (Å²) in [6, 6.07) is 59.9. The van der Waals surface area contributed by atoms with E-state index in [2.05, 4.69) is 156 Å². The molecule has 11 rings (SSSR count). The van der Waals surface area contributed by atoms with Gasteiger partial charge in [0.15, 0.2) is 5.82 Å². The molecule has 4 nitrogen and oxygen atoms in total. The minimum Gasteiger partial charge on any atom is -0.294 e. The number of benzene rings is 7. The zero-order valence-electron chi connectivity index (χ0n) is 27.9. The predicted molar refractivity (Wildman–Crippen MR) is 218 cm³/mol. The van der Waals surface area contributed by atoms with Crippen LogP contribution in [0.5, 0.6) is 0 Å². The van der Waals surface area contributed by atoms with Crippen LogP contribution < -0.4 is 0 Å². The van der Waals surface area contributed by atoms with E-state index in [1.165, 1.54) is 36.3 Å². The summed E-state index contributed by atoms with van der Waals surface area (Å²) in [6.07, 6.45) is 0. The summed E-state index contributed by atoms with van der Waals surface area (Å²) in [5, 5.41) is 8.49. The van der Waals surface area contributed by atoms with Gasteiger partial charge in [0.1, 0.15) is 5.82 Å². The van der Waals surface area contributed by atoms with Crippen LogP contribution in [0.15, 0.2) is 170 Å². The van der Waals surface area contributed by atoms with Crippen molar-refractivity contribution in [2.75, 3.05) is 0 Å². The van der Waals surface area contributed by atoms with Gasteiger partial charge in [-0.15, -0.1) is 11.3 Å². The summed E-state index contributed by atoms with van der Waals surface area (Å²) in [4.78, 5) is 15.9. The molecule has 7 aromatic carbocycles. The van der Waals surface area contributed by atoms with E-state index in [9.17, 15) is 0 Å². The molecule has 11 aromatic rings. The Bertz CT molecular complexity index is 3130. The SMILES string of the molecule is c1ccc(-c2nc(-c3ccc4c(c3)nc(-c3ccccc3)c3ccc5sc6ccccc6c5c34)cc(-n3c4ccccc4c4ccccc43)n2)cc1. The van der Waals surface area contributed by atoms with Crippen LogP contribution in [0.2, 0.25) is 0 Å². The molecule has 0 unspecified atom stereocenters. The first-order valence-electron chi connectivity index (χ1n) is 17.5. The summed E-state index contributed by atoms with van der Waals surface area (Å²) in [5.74, 6) is 1.50. The molecule has 0 bridgehead atoms. The van der Waals surface area contributed by atoms with Gasteiger partial charge in [0.2, 0.25) is 0 Å². The third-order valence-electron chi connectivity index (χ3n) is 10.2. The van der Waals surface area contributed by atoms with Crippen LogP contribution in [0.1, 0.15) is 0 Å². The van der Waals surface area contributed by atoms with Crippen molar-refractivity contribution in [2.24, 2.45) is 0 Å². The number of fused-ring (bicyclic) bond motifs is 10. The Balaban J connectivity index is 1.21. The average molecular weight is 681 g/mol. The van der Waals surface area contributed by atoms with Crippen molar-refractivity contribution in [3.8, 4) is 39.7 Å². The van der Waals surface area contributed by atoms with Gasteiger partial charge < -0.3 is 0 Å². The number of para-hydroxylation sites is 2. The molecule has 0 atom stereocenters. The first-order valence-corrected chi connectivity index (χ1v) is 18.3. The van der Waals surface area contributed by atoms with E-state index >= 15 is 0 Å². The second kappa shape index (κ2) is 11.4. The fourth-order valence-corrected chi connectivity index (χ4v) is 8.98. The maximum Gasteiger partial charge on any atom is 0.162 e. The Labute approximate surface area is 302 Å². The Kier molecular flexibility index (Phi) is 6.39. The molecule has 0 amide bonds. The van der Waals surface area contributed by atoms with E-state index in [-0.39, 0.29) is 0 Å². The fraction of sp³-hybridized carbons (Fsp3) is 0. The first-order chi connectivity index (χ1) is 25.8. The molecule has 0 aliphatic carbocycles. The van der Waals surface area contributed by atoms with Crippen LogP contribution in [-0.4, -0.2) is 19.5 Å². The van der Waals surface area contributed by atoms with Gasteiger partial charge in [0, 0.05) is 69.9 Å². The average Bonchev–Trinajstić information content (AvgIpc) is 3.77. The first kappa shape index (κ1) is 29.1. The van der Waals surface area contributed by atoms with Crippen molar-refractivity contribution >= 4 is 75.0 Å². The molecule has 4 heterocycles. The minimum atomic E-state index is 0.679. The molecule has 0 saturated carbocycles. The van der Waals surface area contributed by atoms with Crippen LogP contribution in [0, 0.1) is 0 Å². The molecular weight excluding hydrogens is 653 g/mol. The van der Waals surface area contributed by atoms with Crippen molar-refractivity contribution in [3.63, 3.8) is 0 Å². The molecule has 0 spiro atoms. The molecular formula is C47H28N4S. The van der Waals surface area contributed by atoms with Crippen LogP contribution in [-0.2, 0) is 0 Å². The summed E-state index contributed by atoms with van der Waals surface area (Å²) in [6.45, 7) is 0. The lowest BCUT2D eigenvalue weighted by atomic mass is 9.95. The van der Waals surface area contributed by atoms with Gasteiger partial charge in [-0.1, -0.05) is 133 Å². The van der Waals surface area contributed by atoms with Crippen LogP contribution in [0.25, 0.3) is 103 Å². The lowest BCUT2D eigenvalue weighted by molar-refractivity contribution is 1.05. The van der Waals surface area contributed by atoms with E-state index in [4.69, 9.17) is 15.0 Å². The van der Waals surface area contributed by atoms with Gasteiger partial charge in [-0.3, -0.25) is 4.57 Å². The van der Waals surface area contributed by atoms with Crippen molar-refractivity contribution in [2.45, 2.75) is 0 Å². The molecule has 5 heteroatoms. The highest BCUT2D eigenvalue weighted by atomic mass is 32.1. The largest absolute Gasteiger partial charge is 0.294 e. The summed E-state index contributed by atoms with van der Waals surface area (Å²) >= 11 is 1.85. The molecule has 0 aliphatic heterocycles. The van der Waals surface area contributed by atoms with Crippen molar-refractivity contribution < 1.29 is 0 Å². The molecule has 4 aromatic heterocycles. The summed E-state index contributed by atoms with van der Waals surface area (Å²) < 4.78 is 4.84. The fourth-order valence-electron chi connectivity index (χ4n) is 7.87. The zero-order valence-corrected chi connectivity index (χ0v) is 28.7. The Morgan fingerprint density at radius 1 is 0.404 bits per heavy atom. The van der Waals surface area contributed by atoms with Gasteiger partial charge in [-0.05, 0) is 30.3 Å². The standard InChI is InChI=1S/C47H28N4S/c1-3-13-29(14-4-1)46-36-25-26-42-45(35-19-9-12-22-41(35)52-42)44(36)34-24-23-31(27-38(34)48-46)37-28-43(50-47(49-37)30-15-5-2-6-16-30)51-39-20-10-7-17-32(39)33-18-8-11-21-40(33)51/h1-28H. The normalized spacial score (nSPS) is 11.8. The number of thiophene rings is 1. The molecule has 0 aliphatic rings. The maximum atomic E-state index is 5.42. The third kappa shape index (κ3) is 4.43. The van der Waals surface area contributed by atoms with Crippen molar-refractivity contribution in [1.29, 1.82) is 0 Å². The quantitative estimate of drug-likeness (QED) is 0.174. The minimum absolute atomic E-state index is 0.679. The van der Waals surface area contributed by atoms with Crippen LogP contribution in [0.3, 0.4) is 0 Å². The number of hydrogen-bond acceptors (Lipinski definition) is 4. The van der Waals surface area contributed by atoms with Crippen LogP contribution in [0.4, 0.5) is 0 Å². The molecule has 0 fully saturated rings. The molecule has 0 N–H and O–H groups in total. The van der Waals surface area contributed by atoms with E-state index in [1.807, 2.05) is 29.5 Å². The molecule has 242 valence electrons. The van der Waals surface area contributed by atoms with E-state index in [0.29, 0.717) is 5.82 Å². The number of aromatic nitrogens is 4. The van der Waals surface area contributed by atoms with Crippen molar-refractivity contribution in [1.82, 2.24) is 19.5 Å². The molecule has 0 saturated heterocycles. The number of hydrogen-bond donors (Lipinski definition) is 0. The van der Waals surface area contributed by atoms with Gasteiger partial charge in [0.05, 0.1) is 27.9 Å². The highest BCUT2D eigenvalue weighted by Crippen LogP contribution is 2.44. The highest BCUT2D eigenvalue weighted by Gasteiger charge is 2.19. The predicted octanol–water partition coefficient (Wildman–Crippen LogP) is 12.6. The lowest BCUT2D eigenvalue weighted by Crippen LogP contribution is -2.02. The van der Waals surface area contributed by atoms with Crippen LogP contribution >= 0.6 is 11.3 Å². The van der Waals surface area contributed by atoms with Gasteiger partial charge in [0.25, 0.3) is 0 Å². The zero-order chi connectivity index (χ0) is 34.2. The summed E-state index contributed by atoms with van der Waals surface area (Å²) in [7, 11) is 0. The molecule has 52 heavy (non-hydrogen) atoms. The topological polar surface area (TPSA) is 43.6 Å². The van der Waals surface area contributed by atoms with E-state index < -0.39 is 0 Å².